The van der Waals surface area contributed by atoms with Crippen LogP contribution in [-0.2, 0) is 14.3 Å². The number of carbonyl (C=O) groups is 1. The highest BCUT2D eigenvalue weighted by molar-refractivity contribution is 5.77. The zero-order valence-electron chi connectivity index (χ0n) is 17.1. The van der Waals surface area contributed by atoms with Crippen molar-refractivity contribution in [3.05, 3.63) is 0 Å². The number of quaternary nitrogens is 1. The van der Waals surface area contributed by atoms with E-state index in [2.05, 4.69) is 34.9 Å². The Hall–Kier alpha value is 0.120. The number of epoxide rings is 1. The molecule has 4 nitrogen and oxygen atoms in total. The minimum atomic E-state index is -0.322. The fraction of sp³-hybridized carbons (Fsp3) is 0.952. The summed E-state index contributed by atoms with van der Waals surface area (Å²) in [6.07, 6.45) is 7.20. The van der Waals surface area contributed by atoms with Gasteiger partial charge in [-0.15, -0.1) is 0 Å². The summed E-state index contributed by atoms with van der Waals surface area (Å²) in [6.45, 7) is 8.87. The van der Waals surface area contributed by atoms with Crippen LogP contribution in [0.1, 0.15) is 59.3 Å². The van der Waals surface area contributed by atoms with Crippen LogP contribution in [0.5, 0.6) is 0 Å². The molecule has 0 aromatic rings. The topological polar surface area (TPSA) is 38.8 Å². The maximum Gasteiger partial charge on any atom is 0.315 e. The zero-order valence-corrected chi connectivity index (χ0v) is 19.3. The number of halogens is 1. The molecule has 4 rings (SSSR count). The predicted octanol–water partition coefficient (Wildman–Crippen LogP) is 0.392. The third-order valence-electron chi connectivity index (χ3n) is 7.90. The first-order chi connectivity index (χ1) is 11.7. The number of nitrogens with zero attached hydrogens (tertiary/aromatic N) is 1. The average molecular weight is 477 g/mol. The van der Waals surface area contributed by atoms with Crippen LogP contribution in [0.2, 0.25) is 0 Å². The molecule has 0 bridgehead atoms. The van der Waals surface area contributed by atoms with Gasteiger partial charge in [0.25, 0.3) is 0 Å². The standard InChI is InChI=1S/C21H36NO3.HI/c1-6-7-12-22(4,5)13-15-17-9-8-14(2)16-10-11-20(3)19(25-20)21(16,17)24-18(15)23;/h14-17,19H,6-13H2,1-5H3;1H/q+1;/p-1/t14-,15?,16?,17?,19+,20+,21+;/m0./s1. The zero-order chi connectivity index (χ0) is 18.0. The molecule has 0 amide bonds. The number of esters is 1. The van der Waals surface area contributed by atoms with Crippen molar-refractivity contribution in [1.82, 2.24) is 0 Å². The van der Waals surface area contributed by atoms with Crippen LogP contribution < -0.4 is 24.0 Å². The first-order valence-electron chi connectivity index (χ1n) is 10.5. The van der Waals surface area contributed by atoms with E-state index in [1.807, 2.05) is 0 Å². The molecule has 150 valence electrons. The second-order valence-electron chi connectivity index (χ2n) is 10.2. The van der Waals surface area contributed by atoms with Gasteiger partial charge >= 0.3 is 5.97 Å². The van der Waals surface area contributed by atoms with Crippen molar-refractivity contribution in [3.8, 4) is 0 Å². The molecule has 0 radical (unpaired) electrons. The lowest BCUT2D eigenvalue weighted by molar-refractivity contribution is -0.893. The number of fused-ring (bicyclic) bond motifs is 1. The van der Waals surface area contributed by atoms with E-state index >= 15 is 0 Å². The molecule has 2 saturated heterocycles. The number of hydrogen-bond donors (Lipinski definition) is 0. The van der Waals surface area contributed by atoms with Crippen LogP contribution >= 0.6 is 0 Å². The third-order valence-corrected chi connectivity index (χ3v) is 7.90. The first-order valence-corrected chi connectivity index (χ1v) is 10.5. The van der Waals surface area contributed by atoms with Gasteiger partial charge in [-0.2, -0.15) is 0 Å². The van der Waals surface area contributed by atoms with Crippen LogP contribution in [0.3, 0.4) is 0 Å². The minimum Gasteiger partial charge on any atom is -1.00 e. The van der Waals surface area contributed by atoms with Gasteiger partial charge in [0.1, 0.15) is 17.6 Å². The molecule has 7 atom stereocenters. The summed E-state index contributed by atoms with van der Waals surface area (Å²) in [5, 5.41) is 0. The van der Waals surface area contributed by atoms with Gasteiger partial charge < -0.3 is 37.9 Å². The highest BCUT2D eigenvalue weighted by atomic mass is 127. The number of ether oxygens (including phenoxy) is 2. The molecule has 4 fully saturated rings. The fourth-order valence-corrected chi connectivity index (χ4v) is 6.47. The number of unbranched alkanes of at least 4 members (excludes halogenated alkanes) is 1. The van der Waals surface area contributed by atoms with Crippen LogP contribution in [0, 0.1) is 23.7 Å². The lowest BCUT2D eigenvalue weighted by Crippen LogP contribution is -3.00. The average Bonchev–Trinajstić information content (AvgIpc) is 3.17. The predicted molar refractivity (Wildman–Crippen MR) is 97.0 cm³/mol. The Bertz CT molecular complexity index is 567. The molecular formula is C21H36INO3. The number of rotatable bonds is 5. The smallest absolute Gasteiger partial charge is 0.315 e. The van der Waals surface area contributed by atoms with Gasteiger partial charge in [-0.05, 0) is 44.9 Å². The minimum absolute atomic E-state index is 0. The Morgan fingerprint density at radius 2 is 1.92 bits per heavy atom. The largest absolute Gasteiger partial charge is 1.00 e. The highest BCUT2D eigenvalue weighted by Gasteiger charge is 2.77. The molecule has 0 aromatic heterocycles. The first kappa shape index (κ1) is 20.8. The normalized spacial score (nSPS) is 46.5. The molecule has 0 N–H and O–H groups in total. The third kappa shape index (κ3) is 3.04. The number of hydrogen-bond acceptors (Lipinski definition) is 3. The van der Waals surface area contributed by atoms with E-state index in [0.717, 1.165) is 36.8 Å². The van der Waals surface area contributed by atoms with Crippen molar-refractivity contribution in [1.29, 1.82) is 0 Å². The molecule has 0 aromatic carbocycles. The van der Waals surface area contributed by atoms with Gasteiger partial charge in [0.15, 0.2) is 0 Å². The van der Waals surface area contributed by atoms with Crippen molar-refractivity contribution >= 4 is 5.97 Å². The van der Waals surface area contributed by atoms with Crippen molar-refractivity contribution in [3.63, 3.8) is 0 Å². The van der Waals surface area contributed by atoms with Crippen LogP contribution in [0.4, 0.5) is 0 Å². The molecule has 2 heterocycles. The monoisotopic (exact) mass is 477 g/mol. The quantitative estimate of drug-likeness (QED) is 0.249. The van der Waals surface area contributed by atoms with Gasteiger partial charge in [0.2, 0.25) is 0 Å². The number of carbonyl (C=O) groups excluding carboxylic acids is 1. The second kappa shape index (κ2) is 6.87. The van der Waals surface area contributed by atoms with E-state index in [1.165, 1.54) is 19.3 Å². The van der Waals surface area contributed by atoms with E-state index in [-0.39, 0.29) is 53.2 Å². The van der Waals surface area contributed by atoms with Gasteiger partial charge in [-0.1, -0.05) is 20.3 Å². The van der Waals surface area contributed by atoms with Crippen molar-refractivity contribution < 1.29 is 42.7 Å². The van der Waals surface area contributed by atoms with Crippen LogP contribution in [0.15, 0.2) is 0 Å². The van der Waals surface area contributed by atoms with E-state index in [1.54, 1.807) is 0 Å². The molecular weight excluding hydrogens is 441 g/mol. The maximum atomic E-state index is 13.0. The maximum absolute atomic E-state index is 13.0. The lowest BCUT2D eigenvalue weighted by atomic mass is 9.55. The molecule has 1 spiro atoms. The van der Waals surface area contributed by atoms with Gasteiger partial charge in [-0.25, -0.2) is 0 Å². The summed E-state index contributed by atoms with van der Waals surface area (Å²) < 4.78 is 13.5. The Labute approximate surface area is 176 Å². The second-order valence-corrected chi connectivity index (χ2v) is 10.2. The van der Waals surface area contributed by atoms with E-state index in [9.17, 15) is 4.79 Å². The van der Waals surface area contributed by atoms with Gasteiger partial charge in [-0.3, -0.25) is 4.79 Å². The van der Waals surface area contributed by atoms with Gasteiger partial charge in [0, 0.05) is 11.8 Å². The molecule has 2 aliphatic heterocycles. The fourth-order valence-electron chi connectivity index (χ4n) is 6.47. The van der Waals surface area contributed by atoms with Crippen molar-refractivity contribution in [2.45, 2.75) is 76.6 Å². The molecule has 2 aliphatic carbocycles. The summed E-state index contributed by atoms with van der Waals surface area (Å²) >= 11 is 0. The summed E-state index contributed by atoms with van der Waals surface area (Å²) in [4.78, 5) is 13.0. The molecule has 2 saturated carbocycles. The Kier molecular flexibility index (Phi) is 5.51. The molecule has 26 heavy (non-hydrogen) atoms. The summed E-state index contributed by atoms with van der Waals surface area (Å²) in [5.41, 5.74) is -0.356. The van der Waals surface area contributed by atoms with Crippen LogP contribution in [0.25, 0.3) is 0 Å². The highest BCUT2D eigenvalue weighted by Crippen LogP contribution is 2.66. The Morgan fingerprint density at radius 3 is 2.62 bits per heavy atom. The van der Waals surface area contributed by atoms with E-state index in [0.29, 0.717) is 17.8 Å². The van der Waals surface area contributed by atoms with Gasteiger partial charge in [0.05, 0.1) is 32.8 Å². The Balaban J connectivity index is 0.00000196. The lowest BCUT2D eigenvalue weighted by Gasteiger charge is -2.50. The Morgan fingerprint density at radius 1 is 1.19 bits per heavy atom. The summed E-state index contributed by atoms with van der Waals surface area (Å²) in [7, 11) is 4.55. The molecule has 3 unspecified atom stereocenters. The van der Waals surface area contributed by atoms with E-state index < -0.39 is 0 Å². The van der Waals surface area contributed by atoms with Crippen LogP contribution in [-0.4, -0.2) is 54.9 Å². The summed E-state index contributed by atoms with van der Waals surface area (Å²) in [5.74, 6) is 1.60. The molecule has 5 heteroatoms. The van der Waals surface area contributed by atoms with Crippen molar-refractivity contribution in [2.75, 3.05) is 27.2 Å². The summed E-state index contributed by atoms with van der Waals surface area (Å²) in [6, 6.07) is 0. The van der Waals surface area contributed by atoms with E-state index in [4.69, 9.17) is 9.47 Å². The molecule has 4 aliphatic rings. The van der Waals surface area contributed by atoms with Crippen molar-refractivity contribution in [2.24, 2.45) is 23.7 Å². The SMILES string of the molecule is CCCC[N+](C)(C)CC1C(=O)O[C@@]23C1CC[C@H](C)C2CC[C@@]1(C)O[C@@H]31.[I-].